The minimum Gasteiger partial charge on any atom is -0.323 e. The predicted octanol–water partition coefficient (Wildman–Crippen LogP) is 18.3. The fourth-order valence-corrected chi connectivity index (χ4v) is 11.8. The molecule has 1 heterocycles. The van der Waals surface area contributed by atoms with Gasteiger partial charge in [0.05, 0.1) is 16.7 Å². The van der Waals surface area contributed by atoms with Crippen molar-refractivity contribution in [1.29, 1.82) is 0 Å². The van der Waals surface area contributed by atoms with Crippen molar-refractivity contribution in [3.05, 3.63) is 302 Å². The molecule has 0 radical (unpaired) electrons. The molecule has 0 saturated heterocycles. The Morgan fingerprint density at radius 3 is 1.71 bits per heavy atom. The third-order valence-electron chi connectivity index (χ3n) is 14.9. The first-order chi connectivity index (χ1) is 35.7. The van der Waals surface area contributed by atoms with E-state index in [0.29, 0.717) is 0 Å². The van der Waals surface area contributed by atoms with Crippen molar-refractivity contribution in [1.82, 2.24) is 4.57 Å². The van der Waals surface area contributed by atoms with Crippen molar-refractivity contribution in [2.24, 2.45) is 0 Å². The summed E-state index contributed by atoms with van der Waals surface area (Å²) in [7, 11) is 0. The van der Waals surface area contributed by atoms with Crippen molar-refractivity contribution in [2.45, 2.75) is 5.54 Å². The zero-order valence-corrected chi connectivity index (χ0v) is 39.5. The SMILES string of the molecule is c1ccc(-c2ccc(-n3c4ccccc4c4ccc(N(c5ccc6c(c5)C(c5ccccc5)(N(c5ccccc5)c5ccc7ccccc7c5)c5ccccc5-6)c5cccc6ccccc56)cc43)cc2)cc1. The number of nitrogens with zero attached hydrogens (tertiary/aromatic N) is 3. The van der Waals surface area contributed by atoms with Crippen molar-refractivity contribution in [3.63, 3.8) is 0 Å². The molecule has 3 heteroatoms. The standard InChI is InChI=1S/C69H47N3/c1-4-19-48(20-5-1)50-35-38-54(39-36-50)71-67-33-17-15-31-62(67)63-44-42-57(47-68(63)71)70(66-34-18-24-51-22-12-13-29-59(51)66)56-41-43-61-60-30-14-16-32-64(60)69(65(61)46-56,53-25-6-2-7-26-53)72(55-27-8-3-9-28-55)58-40-37-49-21-10-11-23-52(49)45-58/h1-47H. The number of para-hydroxylation sites is 2. The zero-order chi connectivity index (χ0) is 47.6. The molecule has 0 amide bonds. The summed E-state index contributed by atoms with van der Waals surface area (Å²) in [5.74, 6) is 0. The van der Waals surface area contributed by atoms with Gasteiger partial charge in [-0.3, -0.25) is 0 Å². The Labute approximate surface area is 419 Å². The Hall–Kier alpha value is -9.44. The number of benzene rings is 12. The van der Waals surface area contributed by atoms with Crippen LogP contribution in [0.1, 0.15) is 16.7 Å². The minimum atomic E-state index is -0.792. The van der Waals surface area contributed by atoms with Gasteiger partial charge >= 0.3 is 0 Å². The highest BCUT2D eigenvalue weighted by molar-refractivity contribution is 6.11. The maximum Gasteiger partial charge on any atom is 0.122 e. The lowest BCUT2D eigenvalue weighted by molar-refractivity contribution is 0.644. The van der Waals surface area contributed by atoms with E-state index in [0.717, 1.165) is 39.6 Å². The molecule has 0 spiro atoms. The maximum atomic E-state index is 2.60. The van der Waals surface area contributed by atoms with Crippen LogP contribution in [-0.2, 0) is 5.54 Å². The first kappa shape index (κ1) is 41.5. The largest absolute Gasteiger partial charge is 0.323 e. The third kappa shape index (κ3) is 6.52. The highest BCUT2D eigenvalue weighted by atomic mass is 15.2. The van der Waals surface area contributed by atoms with Crippen LogP contribution in [0, 0.1) is 0 Å². The summed E-state index contributed by atoms with van der Waals surface area (Å²) in [6, 6.07) is 105. The van der Waals surface area contributed by atoms with Gasteiger partial charge in [-0.05, 0) is 128 Å². The van der Waals surface area contributed by atoms with Gasteiger partial charge in [0.15, 0.2) is 0 Å². The molecule has 1 aliphatic carbocycles. The normalized spacial score (nSPS) is 13.9. The molecule has 1 aliphatic rings. The molecule has 14 rings (SSSR count). The average molecular weight is 918 g/mol. The molecule has 0 N–H and O–H groups in total. The van der Waals surface area contributed by atoms with Gasteiger partial charge in [-0.25, -0.2) is 0 Å². The Bertz CT molecular complexity index is 4150. The van der Waals surface area contributed by atoms with Crippen molar-refractivity contribution in [3.8, 4) is 27.9 Å². The summed E-state index contributed by atoms with van der Waals surface area (Å²) >= 11 is 0. The van der Waals surface area contributed by atoms with Crippen LogP contribution in [0.3, 0.4) is 0 Å². The molecular weight excluding hydrogens is 871 g/mol. The number of rotatable bonds is 9. The van der Waals surface area contributed by atoms with Crippen LogP contribution in [0.15, 0.2) is 285 Å². The molecule has 338 valence electrons. The summed E-state index contributed by atoms with van der Waals surface area (Å²) in [5, 5.41) is 7.20. The van der Waals surface area contributed by atoms with Crippen LogP contribution in [0.2, 0.25) is 0 Å². The molecule has 0 aliphatic heterocycles. The molecule has 0 fully saturated rings. The van der Waals surface area contributed by atoms with Crippen LogP contribution in [0.5, 0.6) is 0 Å². The Morgan fingerprint density at radius 1 is 0.306 bits per heavy atom. The van der Waals surface area contributed by atoms with E-state index in [1.807, 2.05) is 0 Å². The molecule has 1 unspecified atom stereocenters. The molecule has 0 bridgehead atoms. The van der Waals surface area contributed by atoms with Gasteiger partial charge in [0, 0.05) is 44.6 Å². The molecule has 12 aromatic carbocycles. The Kier molecular flexibility index (Phi) is 9.75. The van der Waals surface area contributed by atoms with Crippen LogP contribution in [0.25, 0.3) is 71.3 Å². The zero-order valence-electron chi connectivity index (χ0n) is 39.5. The Morgan fingerprint density at radius 2 is 0.889 bits per heavy atom. The van der Waals surface area contributed by atoms with E-state index in [1.54, 1.807) is 0 Å². The third-order valence-corrected chi connectivity index (χ3v) is 14.9. The summed E-state index contributed by atoms with van der Waals surface area (Å²) in [6.07, 6.45) is 0. The highest BCUT2D eigenvalue weighted by Crippen LogP contribution is 2.59. The van der Waals surface area contributed by atoms with E-state index < -0.39 is 5.54 Å². The summed E-state index contributed by atoms with van der Waals surface area (Å²) in [6.45, 7) is 0. The molecule has 3 nitrogen and oxygen atoms in total. The van der Waals surface area contributed by atoms with Crippen molar-refractivity contribution >= 4 is 71.8 Å². The van der Waals surface area contributed by atoms with Crippen LogP contribution >= 0.6 is 0 Å². The van der Waals surface area contributed by atoms with E-state index in [9.17, 15) is 0 Å². The van der Waals surface area contributed by atoms with Gasteiger partial charge in [0.2, 0.25) is 0 Å². The number of aromatic nitrogens is 1. The summed E-state index contributed by atoms with van der Waals surface area (Å²) in [4.78, 5) is 5.09. The fraction of sp³-hybridized carbons (Fsp3) is 0.0145. The maximum absolute atomic E-state index is 2.60. The van der Waals surface area contributed by atoms with Gasteiger partial charge in [0.1, 0.15) is 5.54 Å². The van der Waals surface area contributed by atoms with Crippen LogP contribution in [0.4, 0.5) is 28.4 Å². The second-order valence-corrected chi connectivity index (χ2v) is 18.9. The summed E-state index contributed by atoms with van der Waals surface area (Å²) in [5.41, 5.74) is 16.6. The lowest BCUT2D eigenvalue weighted by Crippen LogP contribution is -2.44. The van der Waals surface area contributed by atoms with E-state index in [2.05, 4.69) is 299 Å². The molecule has 1 aromatic heterocycles. The average Bonchev–Trinajstić information content (AvgIpc) is 3.94. The van der Waals surface area contributed by atoms with Gasteiger partial charge in [-0.15, -0.1) is 0 Å². The highest BCUT2D eigenvalue weighted by Gasteiger charge is 2.50. The second kappa shape index (κ2) is 16.9. The topological polar surface area (TPSA) is 11.4 Å². The van der Waals surface area contributed by atoms with Gasteiger partial charge < -0.3 is 14.4 Å². The number of anilines is 5. The van der Waals surface area contributed by atoms with Gasteiger partial charge in [-0.2, -0.15) is 0 Å². The minimum absolute atomic E-state index is 0.792. The molecule has 0 saturated carbocycles. The van der Waals surface area contributed by atoms with Crippen LogP contribution in [-0.4, -0.2) is 4.57 Å². The van der Waals surface area contributed by atoms with Crippen molar-refractivity contribution < 1.29 is 0 Å². The molecule has 1 atom stereocenters. The number of hydrogen-bond acceptors (Lipinski definition) is 2. The van der Waals surface area contributed by atoms with E-state index in [1.165, 1.54) is 76.8 Å². The lowest BCUT2D eigenvalue weighted by Gasteiger charge is -2.45. The molecular formula is C69H47N3. The molecule has 72 heavy (non-hydrogen) atoms. The van der Waals surface area contributed by atoms with Crippen molar-refractivity contribution in [2.75, 3.05) is 9.80 Å². The summed E-state index contributed by atoms with van der Waals surface area (Å²) < 4.78 is 2.44. The van der Waals surface area contributed by atoms with Crippen LogP contribution < -0.4 is 9.80 Å². The first-order valence-corrected chi connectivity index (χ1v) is 24.8. The number of hydrogen-bond donors (Lipinski definition) is 0. The number of fused-ring (bicyclic) bond motifs is 8. The van der Waals surface area contributed by atoms with Gasteiger partial charge in [-0.1, -0.05) is 212 Å². The van der Waals surface area contributed by atoms with Gasteiger partial charge in [0.25, 0.3) is 0 Å². The fourth-order valence-electron chi connectivity index (χ4n) is 11.8. The van der Waals surface area contributed by atoms with E-state index in [-0.39, 0.29) is 0 Å². The quantitative estimate of drug-likeness (QED) is 0.143. The Balaban J connectivity index is 1.04. The monoisotopic (exact) mass is 917 g/mol. The first-order valence-electron chi connectivity index (χ1n) is 24.8. The lowest BCUT2D eigenvalue weighted by atomic mass is 9.78. The smallest absolute Gasteiger partial charge is 0.122 e. The predicted molar refractivity (Wildman–Crippen MR) is 303 cm³/mol. The second-order valence-electron chi connectivity index (χ2n) is 18.9. The van der Waals surface area contributed by atoms with E-state index >= 15 is 0 Å². The van der Waals surface area contributed by atoms with E-state index in [4.69, 9.17) is 0 Å². The molecule has 13 aromatic rings.